The van der Waals surface area contributed by atoms with Crippen LogP contribution in [0, 0.1) is 0 Å². The fourth-order valence-electron chi connectivity index (χ4n) is 2.34. The number of morpholine rings is 1. The van der Waals surface area contributed by atoms with Crippen LogP contribution in [0.3, 0.4) is 0 Å². The van der Waals surface area contributed by atoms with Crippen molar-refractivity contribution < 1.29 is 9.47 Å². The maximum Gasteiger partial charge on any atom is 0.0678 e. The lowest BCUT2D eigenvalue weighted by Crippen LogP contribution is -2.46. The first-order valence-electron chi connectivity index (χ1n) is 6.61. The number of ether oxygens (including phenoxy) is 2. The summed E-state index contributed by atoms with van der Waals surface area (Å²) in [5.41, 5.74) is 0. The Morgan fingerprint density at radius 2 is 1.94 bits per heavy atom. The van der Waals surface area contributed by atoms with Crippen LogP contribution in [0.25, 0.3) is 0 Å². The van der Waals surface area contributed by atoms with Crippen molar-refractivity contribution >= 4 is 0 Å². The van der Waals surface area contributed by atoms with Crippen LogP contribution in [-0.4, -0.2) is 49.5 Å². The summed E-state index contributed by atoms with van der Waals surface area (Å²) in [6.07, 6.45) is 3.48. The molecule has 3 nitrogen and oxygen atoms in total. The van der Waals surface area contributed by atoms with Gasteiger partial charge in [-0.3, -0.25) is 4.90 Å². The molecular weight excluding hydrogens is 202 g/mol. The van der Waals surface area contributed by atoms with E-state index < -0.39 is 0 Å². The van der Waals surface area contributed by atoms with Crippen LogP contribution in [0.5, 0.6) is 0 Å². The lowest BCUT2D eigenvalue weighted by Gasteiger charge is -2.35. The Labute approximate surface area is 100 Å². The van der Waals surface area contributed by atoms with Gasteiger partial charge in [-0.1, -0.05) is 13.3 Å². The number of hydrogen-bond donors (Lipinski definition) is 0. The van der Waals surface area contributed by atoms with E-state index in [9.17, 15) is 0 Å². The molecule has 0 bridgehead atoms. The van der Waals surface area contributed by atoms with Gasteiger partial charge in [0.05, 0.1) is 24.9 Å². The molecule has 0 aromatic rings. The summed E-state index contributed by atoms with van der Waals surface area (Å²) in [6.45, 7) is 12.6. The molecule has 1 fully saturated rings. The van der Waals surface area contributed by atoms with E-state index in [1.165, 1.54) is 6.42 Å². The molecule has 16 heavy (non-hydrogen) atoms. The molecule has 0 aromatic heterocycles. The predicted octanol–water partition coefficient (Wildman–Crippen LogP) is 2.30. The summed E-state index contributed by atoms with van der Waals surface area (Å²) in [5, 5.41) is 0. The Balaban J connectivity index is 2.12. The van der Waals surface area contributed by atoms with Crippen LogP contribution in [0.4, 0.5) is 0 Å². The van der Waals surface area contributed by atoms with Gasteiger partial charge in [0, 0.05) is 19.6 Å². The molecule has 0 unspecified atom stereocenters. The SMILES string of the molecule is CCC[C@H](C)OCCN1C[C@@H](C)O[C@@H](C)C1. The Kier molecular flexibility index (Phi) is 6.32. The van der Waals surface area contributed by atoms with Gasteiger partial charge in [-0.05, 0) is 27.2 Å². The third-order valence-corrected chi connectivity index (χ3v) is 3.00. The summed E-state index contributed by atoms with van der Waals surface area (Å²) >= 11 is 0. The van der Waals surface area contributed by atoms with E-state index in [1.54, 1.807) is 0 Å². The molecule has 1 saturated heterocycles. The minimum Gasteiger partial charge on any atom is -0.377 e. The highest BCUT2D eigenvalue weighted by Crippen LogP contribution is 2.10. The van der Waals surface area contributed by atoms with Crippen molar-refractivity contribution in [1.29, 1.82) is 0 Å². The van der Waals surface area contributed by atoms with Crippen LogP contribution >= 0.6 is 0 Å². The monoisotopic (exact) mass is 229 g/mol. The van der Waals surface area contributed by atoms with Crippen molar-refractivity contribution in [2.24, 2.45) is 0 Å². The van der Waals surface area contributed by atoms with Crippen LogP contribution in [0.1, 0.15) is 40.5 Å². The zero-order valence-corrected chi connectivity index (χ0v) is 11.2. The summed E-state index contributed by atoms with van der Waals surface area (Å²) in [6, 6.07) is 0. The van der Waals surface area contributed by atoms with Gasteiger partial charge in [0.1, 0.15) is 0 Å². The van der Waals surface area contributed by atoms with Gasteiger partial charge in [-0.25, -0.2) is 0 Å². The second kappa shape index (κ2) is 7.25. The first-order chi connectivity index (χ1) is 7.61. The Hall–Kier alpha value is -0.120. The third kappa shape index (κ3) is 5.28. The Morgan fingerprint density at radius 3 is 2.50 bits per heavy atom. The zero-order chi connectivity index (χ0) is 12.0. The van der Waals surface area contributed by atoms with Crippen LogP contribution in [0.2, 0.25) is 0 Å². The van der Waals surface area contributed by atoms with E-state index in [0.29, 0.717) is 18.3 Å². The largest absolute Gasteiger partial charge is 0.377 e. The van der Waals surface area contributed by atoms with Gasteiger partial charge in [-0.2, -0.15) is 0 Å². The maximum atomic E-state index is 5.77. The molecular formula is C13H27NO2. The van der Waals surface area contributed by atoms with Crippen molar-refractivity contribution in [3.05, 3.63) is 0 Å². The van der Waals surface area contributed by atoms with Gasteiger partial charge in [-0.15, -0.1) is 0 Å². The van der Waals surface area contributed by atoms with E-state index in [0.717, 1.165) is 32.7 Å². The zero-order valence-electron chi connectivity index (χ0n) is 11.2. The molecule has 0 radical (unpaired) electrons. The quantitative estimate of drug-likeness (QED) is 0.697. The lowest BCUT2D eigenvalue weighted by atomic mass is 10.2. The molecule has 0 saturated carbocycles. The highest BCUT2D eigenvalue weighted by Gasteiger charge is 2.21. The van der Waals surface area contributed by atoms with Crippen molar-refractivity contribution in [3.8, 4) is 0 Å². The van der Waals surface area contributed by atoms with Crippen molar-refractivity contribution in [2.45, 2.75) is 58.8 Å². The van der Waals surface area contributed by atoms with Gasteiger partial charge < -0.3 is 9.47 Å². The van der Waals surface area contributed by atoms with Crippen LogP contribution in [-0.2, 0) is 9.47 Å². The number of nitrogens with zero attached hydrogens (tertiary/aromatic N) is 1. The second-order valence-corrected chi connectivity index (χ2v) is 4.99. The topological polar surface area (TPSA) is 21.7 Å². The first kappa shape index (κ1) is 13.9. The summed E-state index contributed by atoms with van der Waals surface area (Å²) in [7, 11) is 0. The van der Waals surface area contributed by atoms with E-state index in [1.807, 2.05) is 0 Å². The van der Waals surface area contributed by atoms with Gasteiger partial charge in [0.25, 0.3) is 0 Å². The maximum absolute atomic E-state index is 5.77. The van der Waals surface area contributed by atoms with Crippen LogP contribution < -0.4 is 0 Å². The summed E-state index contributed by atoms with van der Waals surface area (Å²) in [4.78, 5) is 2.44. The molecule has 1 rings (SSSR count). The second-order valence-electron chi connectivity index (χ2n) is 4.99. The lowest BCUT2D eigenvalue weighted by molar-refractivity contribution is -0.0756. The minimum absolute atomic E-state index is 0.358. The van der Waals surface area contributed by atoms with Crippen molar-refractivity contribution in [3.63, 3.8) is 0 Å². The van der Waals surface area contributed by atoms with Gasteiger partial charge in [0.15, 0.2) is 0 Å². The molecule has 0 amide bonds. The minimum atomic E-state index is 0.358. The van der Waals surface area contributed by atoms with E-state index in [2.05, 4.69) is 32.6 Å². The molecule has 96 valence electrons. The molecule has 0 N–H and O–H groups in total. The van der Waals surface area contributed by atoms with E-state index in [-0.39, 0.29) is 0 Å². The average Bonchev–Trinajstić information content (AvgIpc) is 2.16. The van der Waals surface area contributed by atoms with Gasteiger partial charge in [0.2, 0.25) is 0 Å². The first-order valence-corrected chi connectivity index (χ1v) is 6.61. The van der Waals surface area contributed by atoms with Gasteiger partial charge >= 0.3 is 0 Å². The van der Waals surface area contributed by atoms with Crippen molar-refractivity contribution in [2.75, 3.05) is 26.2 Å². The molecule has 3 atom stereocenters. The standard InChI is InChI=1S/C13H27NO2/c1-5-6-11(2)15-8-7-14-9-12(3)16-13(4)10-14/h11-13H,5-10H2,1-4H3/t11-,12-,13+/m0/s1. The molecule has 3 heteroatoms. The van der Waals surface area contributed by atoms with Crippen LogP contribution in [0.15, 0.2) is 0 Å². The molecule has 0 aliphatic carbocycles. The Bertz CT molecular complexity index is 177. The summed E-state index contributed by atoms with van der Waals surface area (Å²) < 4.78 is 11.5. The Morgan fingerprint density at radius 1 is 1.31 bits per heavy atom. The highest BCUT2D eigenvalue weighted by molar-refractivity contribution is 4.72. The molecule has 1 aliphatic rings. The number of hydrogen-bond acceptors (Lipinski definition) is 3. The van der Waals surface area contributed by atoms with Crippen molar-refractivity contribution in [1.82, 2.24) is 4.90 Å². The number of rotatable bonds is 6. The molecule has 1 aliphatic heterocycles. The summed E-state index contributed by atoms with van der Waals surface area (Å²) in [5.74, 6) is 0. The molecule has 0 spiro atoms. The fourth-order valence-corrected chi connectivity index (χ4v) is 2.34. The fraction of sp³-hybridized carbons (Fsp3) is 1.00. The third-order valence-electron chi connectivity index (χ3n) is 3.00. The highest BCUT2D eigenvalue weighted by atomic mass is 16.5. The normalized spacial score (nSPS) is 29.2. The molecule has 1 heterocycles. The van der Waals surface area contributed by atoms with E-state index >= 15 is 0 Å². The molecule has 0 aromatic carbocycles. The smallest absolute Gasteiger partial charge is 0.0678 e. The predicted molar refractivity (Wildman–Crippen MR) is 66.8 cm³/mol. The average molecular weight is 229 g/mol. The van der Waals surface area contributed by atoms with E-state index in [4.69, 9.17) is 9.47 Å².